The molecule has 0 unspecified atom stereocenters. The summed E-state index contributed by atoms with van der Waals surface area (Å²) in [5, 5.41) is 13.5. The maximum atomic E-state index is 13.6. The number of piperazine rings is 1. The Balaban J connectivity index is 1.25. The number of benzene rings is 2. The van der Waals surface area contributed by atoms with Gasteiger partial charge in [0, 0.05) is 37.2 Å². The molecular weight excluding hydrogens is 567 g/mol. The van der Waals surface area contributed by atoms with Crippen molar-refractivity contribution in [2.75, 3.05) is 46.2 Å². The summed E-state index contributed by atoms with van der Waals surface area (Å²) in [6.07, 6.45) is 0.617. The molecule has 1 aromatic heterocycles. The number of guanidine groups is 1. The van der Waals surface area contributed by atoms with Crippen LogP contribution in [0.4, 0.5) is 33.6 Å². The highest BCUT2D eigenvalue weighted by molar-refractivity contribution is 6.43. The molecule has 212 valence electrons. The third-order valence-electron chi connectivity index (χ3n) is 7.57. The molecule has 6 rings (SSSR count). The van der Waals surface area contributed by atoms with Crippen LogP contribution < -0.4 is 20.0 Å². The van der Waals surface area contributed by atoms with Gasteiger partial charge in [0.05, 0.1) is 34.4 Å². The monoisotopic (exact) mass is 594 g/mol. The molecular formula is C28H28Cl2N8O3. The van der Waals surface area contributed by atoms with Crippen molar-refractivity contribution in [1.29, 1.82) is 0 Å². The van der Waals surface area contributed by atoms with Gasteiger partial charge in [0.25, 0.3) is 5.91 Å². The number of aryl methyl sites for hydroxylation is 1. The molecule has 4 heterocycles. The number of carboxylic acid groups (broad SMARTS) is 1. The number of para-hydroxylation sites is 1. The first-order valence-corrected chi connectivity index (χ1v) is 14.0. The molecule has 1 saturated heterocycles. The molecule has 0 saturated carbocycles. The van der Waals surface area contributed by atoms with Crippen LogP contribution in [0.15, 0.2) is 47.6 Å². The SMILES string of the molecule is Cc1cc(Nc2ncc3c(n2)N2CCN=C2N(c2c(Cl)cccc2Cl)C3=O)ccc1N1C[C@@H](C)N(C(=O)O)[C@@H](C)C1. The van der Waals surface area contributed by atoms with E-state index in [9.17, 15) is 14.7 Å². The van der Waals surface area contributed by atoms with Gasteiger partial charge < -0.3 is 15.3 Å². The second kappa shape index (κ2) is 10.4. The van der Waals surface area contributed by atoms with Crippen LogP contribution in [0.25, 0.3) is 0 Å². The van der Waals surface area contributed by atoms with Crippen LogP contribution >= 0.6 is 23.2 Å². The minimum atomic E-state index is -0.889. The molecule has 41 heavy (non-hydrogen) atoms. The van der Waals surface area contributed by atoms with Crippen LogP contribution in [0.1, 0.15) is 29.8 Å². The number of hydrogen-bond acceptors (Lipinski definition) is 8. The van der Waals surface area contributed by atoms with Gasteiger partial charge in [-0.3, -0.25) is 19.6 Å². The van der Waals surface area contributed by atoms with E-state index in [1.165, 1.54) is 16.0 Å². The minimum absolute atomic E-state index is 0.121. The summed E-state index contributed by atoms with van der Waals surface area (Å²) < 4.78 is 0. The zero-order valence-electron chi connectivity index (χ0n) is 22.7. The Morgan fingerprint density at radius 2 is 1.80 bits per heavy atom. The Bertz CT molecular complexity index is 1570. The zero-order chi connectivity index (χ0) is 29.0. The number of carbonyl (C=O) groups excluding carboxylic acids is 1. The number of carbonyl (C=O) groups is 2. The lowest BCUT2D eigenvalue weighted by atomic mass is 10.1. The van der Waals surface area contributed by atoms with Crippen molar-refractivity contribution in [2.45, 2.75) is 32.9 Å². The molecule has 0 aliphatic carbocycles. The van der Waals surface area contributed by atoms with Gasteiger partial charge in [-0.05, 0) is 56.7 Å². The molecule has 11 nitrogen and oxygen atoms in total. The smallest absolute Gasteiger partial charge is 0.407 e. The highest BCUT2D eigenvalue weighted by Crippen LogP contribution is 2.40. The van der Waals surface area contributed by atoms with Gasteiger partial charge in [0.1, 0.15) is 5.56 Å². The van der Waals surface area contributed by atoms with Crippen molar-refractivity contribution in [3.05, 3.63) is 63.8 Å². The summed E-state index contributed by atoms with van der Waals surface area (Å²) in [5.74, 6) is 0.881. The first-order valence-electron chi connectivity index (χ1n) is 13.3. The highest BCUT2D eigenvalue weighted by atomic mass is 35.5. The van der Waals surface area contributed by atoms with Gasteiger partial charge in [-0.25, -0.2) is 14.7 Å². The normalized spacial score (nSPS) is 20.1. The standard InChI is InChI=1S/C28H28Cl2N8O3/c1-15-11-18(7-8-22(15)35-13-16(2)37(28(40)41)17(3)14-35)33-26-32-12-19-24(34-26)36-10-9-31-27(36)38(25(19)39)23-20(29)5-4-6-21(23)30/h4-8,11-12,16-17H,9-10,13-14H2,1-3H3,(H,40,41)(H,32,33,34)/t16-,17+. The van der Waals surface area contributed by atoms with E-state index in [0.29, 0.717) is 65.2 Å². The van der Waals surface area contributed by atoms with E-state index in [0.717, 1.165) is 16.9 Å². The Morgan fingerprint density at radius 1 is 1.10 bits per heavy atom. The van der Waals surface area contributed by atoms with Gasteiger partial charge in [0.2, 0.25) is 11.9 Å². The number of aliphatic imine (C=N–C) groups is 1. The number of amides is 2. The number of halogens is 2. The highest BCUT2D eigenvalue weighted by Gasteiger charge is 2.41. The summed E-state index contributed by atoms with van der Waals surface area (Å²) in [6, 6.07) is 10.8. The van der Waals surface area contributed by atoms with E-state index in [1.54, 1.807) is 18.2 Å². The lowest BCUT2D eigenvalue weighted by Crippen LogP contribution is -2.58. The number of rotatable bonds is 4. The van der Waals surface area contributed by atoms with Crippen LogP contribution in [0.5, 0.6) is 0 Å². The number of hydrogen-bond donors (Lipinski definition) is 2. The third kappa shape index (κ3) is 4.68. The number of nitrogens with one attached hydrogen (secondary N) is 1. The lowest BCUT2D eigenvalue weighted by Gasteiger charge is -2.44. The predicted molar refractivity (Wildman–Crippen MR) is 160 cm³/mol. The molecule has 3 aliphatic heterocycles. The van der Waals surface area contributed by atoms with Crippen LogP contribution in [0.3, 0.4) is 0 Å². The average Bonchev–Trinajstić information content (AvgIpc) is 3.39. The fourth-order valence-corrected chi connectivity index (χ4v) is 6.41. The first-order chi connectivity index (χ1) is 19.6. The molecule has 0 spiro atoms. The molecule has 0 radical (unpaired) electrons. The lowest BCUT2D eigenvalue weighted by molar-refractivity contribution is 0.0978. The van der Waals surface area contributed by atoms with E-state index in [2.05, 4.69) is 20.2 Å². The quantitative estimate of drug-likeness (QED) is 0.420. The van der Waals surface area contributed by atoms with E-state index in [-0.39, 0.29) is 18.0 Å². The Hall–Kier alpha value is -4.09. The number of aromatic nitrogens is 2. The fourth-order valence-electron chi connectivity index (χ4n) is 5.85. The largest absolute Gasteiger partial charge is 0.465 e. The molecule has 2 amide bonds. The van der Waals surface area contributed by atoms with E-state index in [1.807, 2.05) is 43.9 Å². The first kappa shape index (κ1) is 27.1. The summed E-state index contributed by atoms with van der Waals surface area (Å²) in [7, 11) is 0. The molecule has 13 heteroatoms. The third-order valence-corrected chi connectivity index (χ3v) is 8.18. The molecule has 3 aromatic rings. The van der Waals surface area contributed by atoms with Crippen molar-refractivity contribution in [3.63, 3.8) is 0 Å². The Kier molecular flexibility index (Phi) is 6.87. The van der Waals surface area contributed by atoms with E-state index >= 15 is 0 Å². The fraction of sp³-hybridized carbons (Fsp3) is 0.321. The molecule has 2 atom stereocenters. The molecule has 2 N–H and O–H groups in total. The molecule has 3 aliphatic rings. The van der Waals surface area contributed by atoms with Gasteiger partial charge in [-0.1, -0.05) is 29.3 Å². The summed E-state index contributed by atoms with van der Waals surface area (Å²) in [4.78, 5) is 46.0. The topological polar surface area (TPSA) is 117 Å². The second-order valence-electron chi connectivity index (χ2n) is 10.4. The maximum absolute atomic E-state index is 13.6. The average molecular weight is 595 g/mol. The Morgan fingerprint density at radius 3 is 2.46 bits per heavy atom. The minimum Gasteiger partial charge on any atom is -0.465 e. The van der Waals surface area contributed by atoms with Crippen LogP contribution in [0.2, 0.25) is 10.0 Å². The van der Waals surface area contributed by atoms with Crippen molar-refractivity contribution in [1.82, 2.24) is 14.9 Å². The summed E-state index contributed by atoms with van der Waals surface area (Å²) in [6.45, 7) is 8.15. The summed E-state index contributed by atoms with van der Waals surface area (Å²) >= 11 is 12.9. The van der Waals surface area contributed by atoms with Crippen molar-refractivity contribution in [2.24, 2.45) is 4.99 Å². The Labute approximate surface area is 247 Å². The van der Waals surface area contributed by atoms with Gasteiger partial charge >= 0.3 is 6.09 Å². The van der Waals surface area contributed by atoms with Crippen LogP contribution in [-0.4, -0.2) is 76.2 Å². The molecule has 2 aromatic carbocycles. The van der Waals surface area contributed by atoms with Gasteiger partial charge in [0.15, 0.2) is 5.82 Å². The second-order valence-corrected chi connectivity index (χ2v) is 11.2. The molecule has 1 fully saturated rings. The predicted octanol–water partition coefficient (Wildman–Crippen LogP) is 5.25. The number of fused-ring (bicyclic) bond motifs is 3. The summed E-state index contributed by atoms with van der Waals surface area (Å²) in [5.41, 5.74) is 3.57. The molecule has 0 bridgehead atoms. The van der Waals surface area contributed by atoms with E-state index < -0.39 is 6.09 Å². The van der Waals surface area contributed by atoms with Crippen molar-refractivity contribution in [3.8, 4) is 0 Å². The van der Waals surface area contributed by atoms with E-state index in [4.69, 9.17) is 28.2 Å². The van der Waals surface area contributed by atoms with Crippen molar-refractivity contribution < 1.29 is 14.7 Å². The van der Waals surface area contributed by atoms with Gasteiger partial charge in [-0.15, -0.1) is 0 Å². The maximum Gasteiger partial charge on any atom is 0.407 e. The van der Waals surface area contributed by atoms with Crippen molar-refractivity contribution >= 4 is 70.0 Å². The number of anilines is 5. The van der Waals surface area contributed by atoms with Crippen LogP contribution in [0, 0.1) is 6.92 Å². The number of nitrogens with zero attached hydrogens (tertiary/aromatic N) is 7. The van der Waals surface area contributed by atoms with Crippen LogP contribution in [-0.2, 0) is 0 Å². The van der Waals surface area contributed by atoms with Gasteiger partial charge in [-0.2, -0.15) is 4.98 Å². The zero-order valence-corrected chi connectivity index (χ0v) is 24.2.